The van der Waals surface area contributed by atoms with Crippen LogP contribution in [0.15, 0.2) is 46.5 Å². The molecule has 2 nitrogen and oxygen atoms in total. The fourth-order valence-corrected chi connectivity index (χ4v) is 2.32. The molecule has 1 aromatic heterocycles. The molecule has 2 N–H and O–H groups in total. The predicted molar refractivity (Wildman–Crippen MR) is 69.2 cm³/mol. The summed E-state index contributed by atoms with van der Waals surface area (Å²) in [6, 6.07) is 8.99. The van der Waals surface area contributed by atoms with Crippen molar-refractivity contribution in [1.29, 1.82) is 0 Å². The third kappa shape index (κ3) is 2.82. The number of rotatable bonds is 2. The van der Waals surface area contributed by atoms with Crippen molar-refractivity contribution in [3.8, 4) is 0 Å². The molecule has 0 unspecified atom stereocenters. The fourth-order valence-electron chi connectivity index (χ4n) is 1.13. The van der Waals surface area contributed by atoms with Crippen LogP contribution in [-0.4, -0.2) is 4.98 Å². The molecule has 0 aliphatic rings. The predicted octanol–water partition coefficient (Wildman–Crippen LogP) is 4.12. The summed E-state index contributed by atoms with van der Waals surface area (Å²) < 4.78 is 0. The molecule has 82 valence electrons. The highest BCUT2D eigenvalue weighted by molar-refractivity contribution is 7.99. The zero-order valence-corrected chi connectivity index (χ0v) is 10.5. The molecule has 0 aliphatic heterocycles. The highest BCUT2D eigenvalue weighted by Crippen LogP contribution is 2.32. The maximum atomic E-state index is 5.90. The number of hydrogen-bond donors (Lipinski definition) is 1. The lowest BCUT2D eigenvalue weighted by atomic mass is 10.3. The maximum absolute atomic E-state index is 5.90. The van der Waals surface area contributed by atoms with Gasteiger partial charge in [-0.1, -0.05) is 35.0 Å². The maximum Gasteiger partial charge on any atom is 0.101 e. The second kappa shape index (κ2) is 4.95. The molecule has 0 amide bonds. The van der Waals surface area contributed by atoms with E-state index >= 15 is 0 Å². The van der Waals surface area contributed by atoms with E-state index in [9.17, 15) is 0 Å². The van der Waals surface area contributed by atoms with Crippen molar-refractivity contribution >= 4 is 40.7 Å². The number of anilines is 1. The van der Waals surface area contributed by atoms with Crippen LogP contribution < -0.4 is 5.73 Å². The lowest BCUT2D eigenvalue weighted by Crippen LogP contribution is -1.88. The summed E-state index contributed by atoms with van der Waals surface area (Å²) in [7, 11) is 0. The van der Waals surface area contributed by atoms with Crippen LogP contribution in [0, 0.1) is 0 Å². The van der Waals surface area contributed by atoms with E-state index in [0.29, 0.717) is 15.7 Å². The summed E-state index contributed by atoms with van der Waals surface area (Å²) in [5.74, 6) is 0. The Labute approximate surface area is 108 Å². The first-order valence-corrected chi connectivity index (χ1v) is 6.07. The molecular formula is C11H8Cl2N2S. The van der Waals surface area contributed by atoms with Gasteiger partial charge in [0.25, 0.3) is 0 Å². The van der Waals surface area contributed by atoms with Gasteiger partial charge in [0, 0.05) is 21.8 Å². The molecule has 16 heavy (non-hydrogen) atoms. The molecule has 0 saturated carbocycles. The largest absolute Gasteiger partial charge is 0.398 e. The van der Waals surface area contributed by atoms with Crippen LogP contribution in [0.5, 0.6) is 0 Å². The van der Waals surface area contributed by atoms with Gasteiger partial charge < -0.3 is 5.73 Å². The standard InChI is InChI=1S/C11H8Cl2N2S/c12-7-1-3-9(14)10(5-7)16-11-4-2-8(13)6-15-11/h1-6H,14H2. The topological polar surface area (TPSA) is 38.9 Å². The Balaban J connectivity index is 2.26. The number of aromatic nitrogens is 1. The highest BCUT2D eigenvalue weighted by Gasteiger charge is 2.03. The molecule has 1 aromatic carbocycles. The van der Waals surface area contributed by atoms with Crippen LogP contribution >= 0.6 is 35.0 Å². The van der Waals surface area contributed by atoms with Crippen molar-refractivity contribution in [2.75, 3.05) is 5.73 Å². The van der Waals surface area contributed by atoms with Gasteiger partial charge in [-0.3, -0.25) is 0 Å². The van der Waals surface area contributed by atoms with E-state index in [1.54, 1.807) is 24.4 Å². The van der Waals surface area contributed by atoms with E-state index in [-0.39, 0.29) is 0 Å². The molecule has 0 bridgehead atoms. The Morgan fingerprint density at radius 2 is 1.81 bits per heavy atom. The van der Waals surface area contributed by atoms with Crippen molar-refractivity contribution in [1.82, 2.24) is 4.98 Å². The van der Waals surface area contributed by atoms with Gasteiger partial charge in [0.15, 0.2) is 0 Å². The number of halogens is 2. The molecule has 2 rings (SSSR count). The molecule has 0 fully saturated rings. The van der Waals surface area contributed by atoms with Crippen molar-refractivity contribution in [2.24, 2.45) is 0 Å². The molecule has 0 atom stereocenters. The van der Waals surface area contributed by atoms with Crippen molar-refractivity contribution < 1.29 is 0 Å². The Morgan fingerprint density at radius 1 is 1.06 bits per heavy atom. The lowest BCUT2D eigenvalue weighted by molar-refractivity contribution is 1.13. The number of nitrogens with zero attached hydrogens (tertiary/aromatic N) is 1. The fraction of sp³-hybridized carbons (Fsp3) is 0. The third-order valence-electron chi connectivity index (χ3n) is 1.89. The van der Waals surface area contributed by atoms with Crippen LogP contribution in [-0.2, 0) is 0 Å². The van der Waals surface area contributed by atoms with Gasteiger partial charge in [-0.25, -0.2) is 4.98 Å². The average Bonchev–Trinajstić information content (AvgIpc) is 2.27. The van der Waals surface area contributed by atoms with E-state index in [0.717, 1.165) is 9.92 Å². The van der Waals surface area contributed by atoms with Gasteiger partial charge in [-0.05, 0) is 30.3 Å². The highest BCUT2D eigenvalue weighted by atomic mass is 35.5. The second-order valence-corrected chi connectivity index (χ2v) is 5.03. The van der Waals surface area contributed by atoms with Gasteiger partial charge in [0.2, 0.25) is 0 Å². The molecule has 1 heterocycles. The van der Waals surface area contributed by atoms with Gasteiger partial charge in [-0.15, -0.1) is 0 Å². The van der Waals surface area contributed by atoms with Gasteiger partial charge in [-0.2, -0.15) is 0 Å². The molecule has 0 aliphatic carbocycles. The minimum absolute atomic E-state index is 0.614. The molecule has 0 saturated heterocycles. The van der Waals surface area contributed by atoms with Gasteiger partial charge in [0.1, 0.15) is 5.03 Å². The van der Waals surface area contributed by atoms with Crippen molar-refractivity contribution in [3.63, 3.8) is 0 Å². The van der Waals surface area contributed by atoms with Crippen LogP contribution in [0.2, 0.25) is 10.0 Å². The Kier molecular flexibility index (Phi) is 3.59. The zero-order valence-electron chi connectivity index (χ0n) is 8.15. The smallest absolute Gasteiger partial charge is 0.101 e. The monoisotopic (exact) mass is 270 g/mol. The third-order valence-corrected chi connectivity index (χ3v) is 3.37. The summed E-state index contributed by atoms with van der Waals surface area (Å²) in [5.41, 5.74) is 6.52. The van der Waals surface area contributed by atoms with Gasteiger partial charge >= 0.3 is 0 Å². The summed E-state index contributed by atoms with van der Waals surface area (Å²) in [4.78, 5) is 5.07. The minimum atomic E-state index is 0.614. The number of benzene rings is 1. The Morgan fingerprint density at radius 3 is 2.50 bits per heavy atom. The van der Waals surface area contributed by atoms with E-state index in [1.165, 1.54) is 11.8 Å². The van der Waals surface area contributed by atoms with Crippen molar-refractivity contribution in [3.05, 3.63) is 46.6 Å². The van der Waals surface area contributed by atoms with E-state index in [1.807, 2.05) is 12.1 Å². The van der Waals surface area contributed by atoms with Gasteiger partial charge in [0.05, 0.1) is 5.02 Å². The minimum Gasteiger partial charge on any atom is -0.398 e. The first-order chi connectivity index (χ1) is 7.65. The molecular weight excluding hydrogens is 263 g/mol. The van der Waals surface area contributed by atoms with E-state index in [2.05, 4.69) is 4.98 Å². The van der Waals surface area contributed by atoms with Crippen molar-refractivity contribution in [2.45, 2.75) is 9.92 Å². The quantitative estimate of drug-likeness (QED) is 0.835. The van der Waals surface area contributed by atoms with E-state index in [4.69, 9.17) is 28.9 Å². The molecule has 0 radical (unpaired) electrons. The first kappa shape index (κ1) is 11.6. The van der Waals surface area contributed by atoms with E-state index < -0.39 is 0 Å². The summed E-state index contributed by atoms with van der Waals surface area (Å²) in [6.07, 6.45) is 1.60. The summed E-state index contributed by atoms with van der Waals surface area (Å²) in [5, 5.41) is 2.10. The van der Waals surface area contributed by atoms with Crippen LogP contribution in [0.25, 0.3) is 0 Å². The SMILES string of the molecule is Nc1ccc(Cl)cc1Sc1ccc(Cl)cn1. The average molecular weight is 271 g/mol. The molecule has 5 heteroatoms. The zero-order chi connectivity index (χ0) is 11.5. The van der Waals surface area contributed by atoms with Crippen LogP contribution in [0.1, 0.15) is 0 Å². The molecule has 0 spiro atoms. The Bertz CT molecular complexity index is 500. The van der Waals surface area contributed by atoms with Crippen LogP contribution in [0.4, 0.5) is 5.69 Å². The first-order valence-electron chi connectivity index (χ1n) is 4.49. The molecule has 2 aromatic rings. The number of hydrogen-bond acceptors (Lipinski definition) is 3. The summed E-state index contributed by atoms with van der Waals surface area (Å²) >= 11 is 13.1. The lowest BCUT2D eigenvalue weighted by Gasteiger charge is -2.05. The van der Waals surface area contributed by atoms with Crippen LogP contribution in [0.3, 0.4) is 0 Å². The number of nitrogen functional groups attached to an aromatic ring is 1. The normalized spacial score (nSPS) is 10.4. The number of nitrogens with two attached hydrogens (primary N) is 1. The Hall–Kier alpha value is -0.900. The summed E-state index contributed by atoms with van der Waals surface area (Å²) in [6.45, 7) is 0. The second-order valence-electron chi connectivity index (χ2n) is 3.10. The number of pyridine rings is 1.